The molecule has 3 aromatic heterocycles. The summed E-state index contributed by atoms with van der Waals surface area (Å²) in [4.78, 5) is 34.0. The van der Waals surface area contributed by atoms with Crippen LogP contribution in [0.1, 0.15) is 23.1 Å². The Kier molecular flexibility index (Phi) is 6.89. The van der Waals surface area contributed by atoms with Crippen molar-refractivity contribution in [3.8, 4) is 17.2 Å². The Hall–Kier alpha value is -3.83. The molecule has 1 aliphatic rings. The number of carbonyl (C=O) groups excluding carboxylic acids is 1. The first kappa shape index (κ1) is 25.8. The summed E-state index contributed by atoms with van der Waals surface area (Å²) in [6.07, 6.45) is -1.29. The number of nitrogens with zero attached hydrogens (tertiary/aromatic N) is 6. The Morgan fingerprint density at radius 1 is 1.16 bits per heavy atom. The van der Waals surface area contributed by atoms with E-state index in [1.165, 1.54) is 19.2 Å². The third kappa shape index (κ3) is 4.74. The Bertz CT molecular complexity index is 1480. The maximum absolute atomic E-state index is 13.5. The van der Waals surface area contributed by atoms with Crippen LogP contribution in [0.15, 0.2) is 47.1 Å². The minimum absolute atomic E-state index is 0.00396. The van der Waals surface area contributed by atoms with Crippen LogP contribution in [0.3, 0.4) is 0 Å². The van der Waals surface area contributed by atoms with E-state index < -0.39 is 11.9 Å². The summed E-state index contributed by atoms with van der Waals surface area (Å²) in [5, 5.41) is 0.328. The summed E-state index contributed by atoms with van der Waals surface area (Å²) < 4.78 is 51.0. The quantitative estimate of drug-likeness (QED) is 0.377. The van der Waals surface area contributed by atoms with Crippen LogP contribution >= 0.6 is 8.73 Å². The SMILES string of the molecule is COc1ccc(-c2nc(C(=O)N3CCN(c4ncccn4)[C@H](C)C3)c(PN)o2)c2ccc(C(F)(F)F)nc12. The van der Waals surface area contributed by atoms with Crippen LogP contribution in [-0.4, -0.2) is 63.5 Å². The number of aromatic nitrogens is 4. The van der Waals surface area contributed by atoms with Crippen LogP contribution in [0.4, 0.5) is 19.1 Å². The van der Waals surface area contributed by atoms with E-state index in [0.29, 0.717) is 36.5 Å². The van der Waals surface area contributed by atoms with Gasteiger partial charge in [0, 0.05) is 57.8 Å². The lowest BCUT2D eigenvalue weighted by atomic mass is 10.1. The van der Waals surface area contributed by atoms with E-state index in [-0.39, 0.29) is 49.0 Å². The lowest BCUT2D eigenvalue weighted by Gasteiger charge is -2.39. The number of hydrogen-bond acceptors (Lipinski definition) is 9. The van der Waals surface area contributed by atoms with Gasteiger partial charge in [-0.05, 0) is 37.3 Å². The van der Waals surface area contributed by atoms with Crippen LogP contribution in [0.5, 0.6) is 5.75 Å². The number of methoxy groups -OCH3 is 1. The second kappa shape index (κ2) is 10.1. The summed E-state index contributed by atoms with van der Waals surface area (Å²) in [7, 11) is 0.981. The fourth-order valence-corrected chi connectivity index (χ4v) is 4.86. The van der Waals surface area contributed by atoms with Gasteiger partial charge in [-0.3, -0.25) is 4.79 Å². The number of piperazine rings is 1. The number of alkyl halides is 3. The number of hydrogen-bond donors (Lipinski definition) is 1. The fraction of sp³-hybridized carbons (Fsp3) is 0.292. The molecule has 14 heteroatoms. The van der Waals surface area contributed by atoms with E-state index in [9.17, 15) is 18.0 Å². The predicted molar refractivity (Wildman–Crippen MR) is 136 cm³/mol. The lowest BCUT2D eigenvalue weighted by molar-refractivity contribution is -0.140. The molecule has 198 valence electrons. The minimum Gasteiger partial charge on any atom is -0.494 e. The molecule has 0 saturated carbocycles. The van der Waals surface area contributed by atoms with Gasteiger partial charge in [-0.1, -0.05) is 0 Å². The predicted octanol–water partition coefficient (Wildman–Crippen LogP) is 3.24. The molecule has 2 N–H and O–H groups in total. The molecule has 1 aliphatic heterocycles. The summed E-state index contributed by atoms with van der Waals surface area (Å²) >= 11 is 0. The highest BCUT2D eigenvalue weighted by Gasteiger charge is 2.34. The summed E-state index contributed by atoms with van der Waals surface area (Å²) in [5.41, 5.74) is 5.48. The zero-order valence-electron chi connectivity index (χ0n) is 20.4. The number of fused-ring (bicyclic) bond motifs is 1. The van der Waals surface area contributed by atoms with E-state index in [2.05, 4.69) is 19.9 Å². The van der Waals surface area contributed by atoms with Crippen molar-refractivity contribution < 1.29 is 27.1 Å². The number of amides is 1. The fourth-order valence-electron chi connectivity index (χ4n) is 4.41. The van der Waals surface area contributed by atoms with Gasteiger partial charge >= 0.3 is 6.18 Å². The molecule has 1 aromatic carbocycles. The maximum Gasteiger partial charge on any atom is 0.433 e. The third-order valence-corrected chi connectivity index (χ3v) is 6.85. The topological polar surface area (TPSA) is 124 Å². The number of pyridine rings is 1. The molecule has 2 atom stereocenters. The van der Waals surface area contributed by atoms with Gasteiger partial charge in [0.25, 0.3) is 5.91 Å². The van der Waals surface area contributed by atoms with Crippen molar-refractivity contribution in [2.45, 2.75) is 19.1 Å². The largest absolute Gasteiger partial charge is 0.494 e. The first-order valence-corrected chi connectivity index (χ1v) is 12.6. The molecule has 4 heterocycles. The smallest absolute Gasteiger partial charge is 0.433 e. The minimum atomic E-state index is -4.63. The molecule has 5 rings (SSSR count). The normalized spacial score (nSPS) is 16.5. The van der Waals surface area contributed by atoms with Crippen molar-refractivity contribution in [1.29, 1.82) is 0 Å². The molecule has 1 unspecified atom stereocenters. The van der Waals surface area contributed by atoms with Gasteiger partial charge in [-0.15, -0.1) is 0 Å². The van der Waals surface area contributed by atoms with Gasteiger partial charge in [0.15, 0.2) is 11.2 Å². The van der Waals surface area contributed by atoms with Crippen LogP contribution in [-0.2, 0) is 6.18 Å². The first-order chi connectivity index (χ1) is 18.2. The van der Waals surface area contributed by atoms with Gasteiger partial charge in [-0.2, -0.15) is 13.2 Å². The Balaban J connectivity index is 1.47. The highest BCUT2D eigenvalue weighted by molar-refractivity contribution is 7.44. The number of oxazole rings is 1. The molecule has 10 nitrogen and oxygen atoms in total. The molecule has 0 spiro atoms. The second-order valence-corrected chi connectivity index (χ2v) is 9.33. The molecular formula is C24H23F3N7O3P. The zero-order valence-corrected chi connectivity index (χ0v) is 21.4. The number of carbonyl (C=O) groups is 1. The van der Waals surface area contributed by atoms with E-state index >= 15 is 0 Å². The highest BCUT2D eigenvalue weighted by atomic mass is 31.1. The lowest BCUT2D eigenvalue weighted by Crippen LogP contribution is -2.54. The molecule has 4 aromatic rings. The molecule has 1 fully saturated rings. The summed E-state index contributed by atoms with van der Waals surface area (Å²) in [6.45, 7) is 3.31. The van der Waals surface area contributed by atoms with Crippen molar-refractivity contribution in [1.82, 2.24) is 24.8 Å². The Labute approximate surface area is 216 Å². The monoisotopic (exact) mass is 545 g/mol. The maximum atomic E-state index is 13.5. The van der Waals surface area contributed by atoms with Crippen molar-refractivity contribution >= 4 is 37.0 Å². The summed E-state index contributed by atoms with van der Waals surface area (Å²) in [6, 6.07) is 6.93. The molecule has 0 radical (unpaired) electrons. The van der Waals surface area contributed by atoms with Gasteiger partial charge in [-0.25, -0.2) is 19.9 Å². The van der Waals surface area contributed by atoms with Crippen LogP contribution < -0.4 is 20.6 Å². The number of anilines is 1. The summed E-state index contributed by atoms with van der Waals surface area (Å²) in [5.74, 6) is 0.463. The molecule has 1 saturated heterocycles. The first-order valence-electron chi connectivity index (χ1n) is 11.6. The average molecular weight is 545 g/mol. The van der Waals surface area contributed by atoms with Crippen molar-refractivity contribution in [3.05, 3.63) is 54.1 Å². The van der Waals surface area contributed by atoms with Gasteiger partial charge in [0.2, 0.25) is 11.8 Å². The number of nitrogens with two attached hydrogens (primary N) is 1. The molecular weight excluding hydrogens is 522 g/mol. The van der Waals surface area contributed by atoms with Crippen LogP contribution in [0.25, 0.3) is 22.4 Å². The van der Waals surface area contributed by atoms with Gasteiger partial charge in [0.1, 0.15) is 17.0 Å². The standard InChI is InChI=1S/C24H23F3N7O3P/c1-13-12-33(10-11-34(13)23-29-8-3-9-30-23)21(35)19-22(38-28)37-20(32-19)15-4-6-16(36-2)18-14(15)5-7-17(31-18)24(25,26)27/h3-9,13,38H,10-12,28H2,1-2H3/t13-/m1/s1. The van der Waals surface area contributed by atoms with Gasteiger partial charge < -0.3 is 24.5 Å². The molecule has 0 aliphatic carbocycles. The number of rotatable bonds is 5. The van der Waals surface area contributed by atoms with Crippen molar-refractivity contribution in [3.63, 3.8) is 0 Å². The average Bonchev–Trinajstić information content (AvgIpc) is 3.36. The van der Waals surface area contributed by atoms with Crippen molar-refractivity contribution in [2.24, 2.45) is 5.50 Å². The zero-order chi connectivity index (χ0) is 27.0. The van der Waals surface area contributed by atoms with Crippen LogP contribution in [0, 0.1) is 0 Å². The highest BCUT2D eigenvalue weighted by Crippen LogP contribution is 2.36. The Morgan fingerprint density at radius 2 is 1.92 bits per heavy atom. The molecule has 1 amide bonds. The second-order valence-electron chi connectivity index (χ2n) is 8.59. The third-order valence-electron chi connectivity index (χ3n) is 6.25. The van der Waals surface area contributed by atoms with Gasteiger partial charge in [0.05, 0.1) is 7.11 Å². The van der Waals surface area contributed by atoms with E-state index in [4.69, 9.17) is 14.7 Å². The van der Waals surface area contributed by atoms with E-state index in [0.717, 1.165) is 6.07 Å². The molecule has 0 bridgehead atoms. The number of benzene rings is 1. The Morgan fingerprint density at radius 3 is 2.58 bits per heavy atom. The number of halogens is 3. The van der Waals surface area contributed by atoms with E-state index in [1.807, 2.05) is 11.8 Å². The molecule has 38 heavy (non-hydrogen) atoms. The van der Waals surface area contributed by atoms with Crippen molar-refractivity contribution in [2.75, 3.05) is 31.6 Å². The number of ether oxygens (including phenoxy) is 1. The van der Waals surface area contributed by atoms with E-state index in [1.54, 1.807) is 29.4 Å². The van der Waals surface area contributed by atoms with Crippen LogP contribution in [0.2, 0.25) is 0 Å².